The van der Waals surface area contributed by atoms with Crippen LogP contribution in [-0.2, 0) is 15.8 Å². The summed E-state index contributed by atoms with van der Waals surface area (Å²) in [6, 6.07) is 10.3. The average Bonchev–Trinajstić information content (AvgIpc) is 2.95. The van der Waals surface area contributed by atoms with Crippen molar-refractivity contribution in [2.24, 2.45) is 0 Å². The lowest BCUT2D eigenvalue weighted by molar-refractivity contribution is 0.158. The summed E-state index contributed by atoms with van der Waals surface area (Å²) in [5.41, 5.74) is 0.664. The van der Waals surface area contributed by atoms with Crippen molar-refractivity contribution in [1.82, 2.24) is 4.31 Å². The number of benzene rings is 1. The zero-order valence-corrected chi connectivity index (χ0v) is 13.8. The van der Waals surface area contributed by atoms with Gasteiger partial charge in [-0.15, -0.1) is 11.3 Å². The Labute approximate surface area is 133 Å². The molecule has 0 aliphatic carbocycles. The molecule has 2 aromatic rings. The molecule has 1 atom stereocenters. The molecular weight excluding hydrogens is 330 g/mol. The third kappa shape index (κ3) is 4.52. The van der Waals surface area contributed by atoms with Crippen LogP contribution in [0.2, 0.25) is 5.02 Å². The van der Waals surface area contributed by atoms with E-state index in [0.717, 1.165) is 4.88 Å². The van der Waals surface area contributed by atoms with Crippen LogP contribution >= 0.6 is 22.9 Å². The van der Waals surface area contributed by atoms with Crippen LogP contribution in [0, 0.1) is 0 Å². The van der Waals surface area contributed by atoms with Gasteiger partial charge >= 0.3 is 0 Å². The zero-order valence-electron chi connectivity index (χ0n) is 11.4. The van der Waals surface area contributed by atoms with Crippen molar-refractivity contribution < 1.29 is 13.5 Å². The van der Waals surface area contributed by atoms with Crippen LogP contribution in [0.5, 0.6) is 0 Å². The lowest BCUT2D eigenvalue weighted by Crippen LogP contribution is -2.32. The highest BCUT2D eigenvalue weighted by Gasteiger charge is 2.22. The van der Waals surface area contributed by atoms with E-state index in [0.29, 0.717) is 10.6 Å². The number of nitrogens with zero attached hydrogens (tertiary/aromatic N) is 1. The molecule has 0 aliphatic heterocycles. The quantitative estimate of drug-likeness (QED) is 0.875. The number of likely N-dealkylation sites (N-methyl/N-ethyl adjacent to an activating group) is 1. The maximum absolute atomic E-state index is 12.3. The monoisotopic (exact) mass is 345 g/mol. The molecule has 1 aromatic carbocycles. The summed E-state index contributed by atoms with van der Waals surface area (Å²) in [4.78, 5) is 0.753. The number of hydrogen-bond donors (Lipinski definition) is 1. The summed E-state index contributed by atoms with van der Waals surface area (Å²) in [5, 5.41) is 12.4. The Morgan fingerprint density at radius 2 is 1.95 bits per heavy atom. The van der Waals surface area contributed by atoms with Crippen molar-refractivity contribution >= 4 is 33.0 Å². The summed E-state index contributed by atoms with van der Waals surface area (Å²) in [5.74, 6) is -0.113. The molecule has 0 fully saturated rings. The summed E-state index contributed by atoms with van der Waals surface area (Å²) >= 11 is 7.18. The third-order valence-corrected chi connectivity index (χ3v) is 6.06. The first-order valence-corrected chi connectivity index (χ1v) is 9.15. The van der Waals surface area contributed by atoms with Crippen LogP contribution in [0.3, 0.4) is 0 Å². The fraction of sp³-hybridized carbons (Fsp3) is 0.286. The van der Waals surface area contributed by atoms with Gasteiger partial charge in [-0.3, -0.25) is 0 Å². The average molecular weight is 346 g/mol. The molecule has 0 amide bonds. The van der Waals surface area contributed by atoms with E-state index in [4.69, 9.17) is 11.6 Å². The Morgan fingerprint density at radius 3 is 2.52 bits per heavy atom. The van der Waals surface area contributed by atoms with Crippen molar-refractivity contribution in [2.45, 2.75) is 11.9 Å². The Balaban J connectivity index is 2.03. The molecule has 0 saturated carbocycles. The second kappa shape index (κ2) is 6.89. The minimum atomic E-state index is -3.48. The lowest BCUT2D eigenvalue weighted by Gasteiger charge is -2.20. The minimum absolute atomic E-state index is 0.0381. The van der Waals surface area contributed by atoms with Gasteiger partial charge in [-0.25, -0.2) is 12.7 Å². The molecule has 7 heteroatoms. The van der Waals surface area contributed by atoms with Gasteiger partial charge in [0.05, 0.1) is 5.75 Å². The fourth-order valence-electron chi connectivity index (χ4n) is 1.83. The number of thiophene rings is 1. The summed E-state index contributed by atoms with van der Waals surface area (Å²) < 4.78 is 25.7. The van der Waals surface area contributed by atoms with Gasteiger partial charge in [-0.05, 0) is 29.1 Å². The third-order valence-electron chi connectivity index (χ3n) is 3.04. The molecule has 4 nitrogen and oxygen atoms in total. The molecule has 1 aromatic heterocycles. The van der Waals surface area contributed by atoms with Crippen LogP contribution in [-0.4, -0.2) is 31.4 Å². The first-order chi connectivity index (χ1) is 9.88. The van der Waals surface area contributed by atoms with Crippen LogP contribution in [0.1, 0.15) is 16.5 Å². The first kappa shape index (κ1) is 16.5. The highest BCUT2D eigenvalue weighted by Crippen LogP contribution is 2.21. The molecule has 1 N–H and O–H groups in total. The predicted molar refractivity (Wildman–Crippen MR) is 86.0 cm³/mol. The first-order valence-electron chi connectivity index (χ1n) is 6.28. The molecule has 0 radical (unpaired) electrons. The molecule has 0 saturated heterocycles. The largest absolute Gasteiger partial charge is 0.386 e. The molecular formula is C14H16ClNO3S2. The van der Waals surface area contributed by atoms with Crippen LogP contribution < -0.4 is 0 Å². The van der Waals surface area contributed by atoms with Crippen molar-refractivity contribution in [1.29, 1.82) is 0 Å². The highest BCUT2D eigenvalue weighted by atomic mass is 35.5. The SMILES string of the molecule is CN(CC(O)c1cccs1)S(=O)(=O)Cc1ccc(Cl)cc1. The van der Waals surface area contributed by atoms with Gasteiger partial charge in [0.15, 0.2) is 0 Å². The molecule has 2 rings (SSSR count). The molecule has 21 heavy (non-hydrogen) atoms. The summed E-state index contributed by atoms with van der Waals surface area (Å²) in [6.45, 7) is 0.0381. The second-order valence-corrected chi connectivity index (χ2v) is 8.19. The second-order valence-electron chi connectivity index (χ2n) is 4.69. The van der Waals surface area contributed by atoms with Gasteiger partial charge in [0.1, 0.15) is 6.10 Å². The van der Waals surface area contributed by atoms with Crippen molar-refractivity contribution in [3.8, 4) is 0 Å². The normalized spacial score (nSPS) is 13.5. The summed E-state index contributed by atoms with van der Waals surface area (Å²) in [6.07, 6.45) is -0.810. The predicted octanol–water partition coefficient (Wildman–Crippen LogP) is 2.90. The van der Waals surface area contributed by atoms with E-state index >= 15 is 0 Å². The van der Waals surface area contributed by atoms with E-state index in [2.05, 4.69) is 0 Å². The Morgan fingerprint density at radius 1 is 1.29 bits per heavy atom. The van der Waals surface area contributed by atoms with Gasteiger partial charge in [-0.2, -0.15) is 0 Å². The van der Waals surface area contributed by atoms with Gasteiger partial charge in [-0.1, -0.05) is 29.8 Å². The number of aliphatic hydroxyl groups is 1. The number of rotatable bonds is 6. The van der Waals surface area contributed by atoms with Crippen molar-refractivity contribution in [3.63, 3.8) is 0 Å². The summed E-state index contributed by atoms with van der Waals surface area (Å²) in [7, 11) is -2.00. The van der Waals surface area contributed by atoms with Gasteiger partial charge in [0.2, 0.25) is 10.0 Å². The van der Waals surface area contributed by atoms with Crippen molar-refractivity contribution in [3.05, 3.63) is 57.2 Å². The Hall–Kier alpha value is -0.920. The fourth-order valence-corrected chi connectivity index (χ4v) is 3.86. The van der Waals surface area contributed by atoms with Crippen LogP contribution in [0.25, 0.3) is 0 Å². The topological polar surface area (TPSA) is 57.6 Å². The van der Waals surface area contributed by atoms with Gasteiger partial charge in [0.25, 0.3) is 0 Å². The van der Waals surface area contributed by atoms with Gasteiger partial charge < -0.3 is 5.11 Å². The van der Waals surface area contributed by atoms with E-state index < -0.39 is 16.1 Å². The lowest BCUT2D eigenvalue weighted by atomic mass is 10.2. The Kier molecular flexibility index (Phi) is 5.40. The van der Waals surface area contributed by atoms with E-state index in [1.54, 1.807) is 30.3 Å². The van der Waals surface area contributed by atoms with Crippen LogP contribution in [0.15, 0.2) is 41.8 Å². The van der Waals surface area contributed by atoms with E-state index in [1.165, 1.54) is 22.7 Å². The zero-order chi connectivity index (χ0) is 15.5. The standard InChI is InChI=1S/C14H16ClNO3S2/c1-16(9-13(17)14-3-2-8-20-14)21(18,19)10-11-4-6-12(15)7-5-11/h2-8,13,17H,9-10H2,1H3. The maximum Gasteiger partial charge on any atom is 0.218 e. The molecule has 1 heterocycles. The minimum Gasteiger partial charge on any atom is -0.386 e. The number of aliphatic hydroxyl groups excluding tert-OH is 1. The Bertz CT molecular complexity index is 669. The molecule has 1 unspecified atom stereocenters. The smallest absolute Gasteiger partial charge is 0.218 e. The number of hydrogen-bond acceptors (Lipinski definition) is 4. The van der Waals surface area contributed by atoms with E-state index in [9.17, 15) is 13.5 Å². The van der Waals surface area contributed by atoms with Gasteiger partial charge in [0, 0.05) is 23.5 Å². The molecule has 114 valence electrons. The maximum atomic E-state index is 12.3. The number of sulfonamides is 1. The molecule has 0 spiro atoms. The molecule has 0 aliphatic rings. The highest BCUT2D eigenvalue weighted by molar-refractivity contribution is 7.88. The van der Waals surface area contributed by atoms with Crippen molar-refractivity contribution in [2.75, 3.05) is 13.6 Å². The van der Waals surface area contributed by atoms with E-state index in [1.807, 2.05) is 11.4 Å². The van der Waals surface area contributed by atoms with Crippen LogP contribution in [0.4, 0.5) is 0 Å². The number of halogens is 1. The molecule has 0 bridgehead atoms. The van der Waals surface area contributed by atoms with E-state index in [-0.39, 0.29) is 12.3 Å².